The standard InChI is InChI=1S/C25H30N2O4S2/c1-5-30-23(29)21-16-11-10-15(25(2,3)4)14-19(16)33-22(21)27-20(28)12-13-32-24-26-17-8-6-7-9-18(17)31-24/h6-9,15H,5,10-14H2,1-4H3,(H,27,28). The predicted octanol–water partition coefficient (Wildman–Crippen LogP) is 6.34. The molecule has 1 atom stereocenters. The van der Waals surface area contributed by atoms with Gasteiger partial charge >= 0.3 is 5.97 Å². The Hall–Kier alpha value is -2.32. The number of thioether (sulfide) groups is 1. The number of para-hydroxylation sites is 2. The Bertz CT molecular complexity index is 1130. The molecule has 176 valence electrons. The van der Waals surface area contributed by atoms with E-state index in [1.807, 2.05) is 24.3 Å². The SMILES string of the molecule is CCOC(=O)c1c(NC(=O)CCSc2nc3ccccc3o2)sc2c1CCC(C(C)(C)C)C2. The highest BCUT2D eigenvalue weighted by Crippen LogP contribution is 2.44. The van der Waals surface area contributed by atoms with Gasteiger partial charge in [0, 0.05) is 17.1 Å². The molecule has 1 amide bonds. The molecule has 0 fully saturated rings. The average molecular weight is 487 g/mol. The maximum absolute atomic E-state index is 12.8. The molecule has 0 spiro atoms. The van der Waals surface area contributed by atoms with Gasteiger partial charge in [0.15, 0.2) is 5.58 Å². The molecule has 3 aromatic rings. The van der Waals surface area contributed by atoms with Gasteiger partial charge in [0.25, 0.3) is 5.22 Å². The van der Waals surface area contributed by atoms with E-state index < -0.39 is 0 Å². The van der Waals surface area contributed by atoms with Crippen LogP contribution in [0.3, 0.4) is 0 Å². The molecule has 33 heavy (non-hydrogen) atoms. The minimum atomic E-state index is -0.347. The van der Waals surface area contributed by atoms with Gasteiger partial charge < -0.3 is 14.5 Å². The van der Waals surface area contributed by atoms with E-state index in [4.69, 9.17) is 9.15 Å². The Morgan fingerprint density at radius 3 is 2.82 bits per heavy atom. The maximum Gasteiger partial charge on any atom is 0.341 e. The Morgan fingerprint density at radius 1 is 1.30 bits per heavy atom. The van der Waals surface area contributed by atoms with Gasteiger partial charge in [0.1, 0.15) is 10.5 Å². The molecule has 0 bridgehead atoms. The number of rotatable bonds is 7. The smallest absolute Gasteiger partial charge is 0.341 e. The van der Waals surface area contributed by atoms with Gasteiger partial charge in [0.2, 0.25) is 5.91 Å². The van der Waals surface area contributed by atoms with Gasteiger partial charge in [0.05, 0.1) is 12.2 Å². The van der Waals surface area contributed by atoms with Crippen LogP contribution in [0.5, 0.6) is 0 Å². The van der Waals surface area contributed by atoms with Crippen molar-refractivity contribution in [3.8, 4) is 0 Å². The van der Waals surface area contributed by atoms with E-state index in [0.717, 1.165) is 35.9 Å². The zero-order valence-electron chi connectivity index (χ0n) is 19.5. The second-order valence-corrected chi connectivity index (χ2v) is 11.5. The summed E-state index contributed by atoms with van der Waals surface area (Å²) in [7, 11) is 0. The summed E-state index contributed by atoms with van der Waals surface area (Å²) >= 11 is 2.93. The summed E-state index contributed by atoms with van der Waals surface area (Å²) in [6.45, 7) is 8.90. The van der Waals surface area contributed by atoms with E-state index in [1.165, 1.54) is 28.0 Å². The molecule has 8 heteroatoms. The summed E-state index contributed by atoms with van der Waals surface area (Å²) in [5.41, 5.74) is 3.35. The summed E-state index contributed by atoms with van der Waals surface area (Å²) in [6, 6.07) is 7.59. The minimum absolute atomic E-state index is 0.130. The number of ether oxygens (including phenoxy) is 1. The van der Waals surface area contributed by atoms with Crippen molar-refractivity contribution in [3.05, 3.63) is 40.3 Å². The van der Waals surface area contributed by atoms with Crippen molar-refractivity contribution in [2.45, 2.75) is 58.6 Å². The lowest BCUT2D eigenvalue weighted by Gasteiger charge is -2.33. The lowest BCUT2D eigenvalue weighted by Crippen LogP contribution is -2.26. The molecule has 2 aromatic heterocycles. The number of fused-ring (bicyclic) bond motifs is 2. The van der Waals surface area contributed by atoms with Crippen molar-refractivity contribution in [3.63, 3.8) is 0 Å². The number of aromatic nitrogens is 1. The van der Waals surface area contributed by atoms with Crippen LogP contribution in [0.1, 0.15) is 61.3 Å². The van der Waals surface area contributed by atoms with Crippen molar-refractivity contribution in [2.75, 3.05) is 17.7 Å². The van der Waals surface area contributed by atoms with Gasteiger partial charge in [-0.15, -0.1) is 11.3 Å². The van der Waals surface area contributed by atoms with Crippen LogP contribution < -0.4 is 5.32 Å². The molecule has 0 aliphatic heterocycles. The molecule has 0 saturated carbocycles. The van der Waals surface area contributed by atoms with E-state index >= 15 is 0 Å². The van der Waals surface area contributed by atoms with Gasteiger partial charge in [-0.05, 0) is 55.2 Å². The highest BCUT2D eigenvalue weighted by molar-refractivity contribution is 7.99. The van der Waals surface area contributed by atoms with Crippen LogP contribution in [0.15, 0.2) is 33.9 Å². The monoisotopic (exact) mass is 486 g/mol. The molecule has 1 N–H and O–H groups in total. The van der Waals surface area contributed by atoms with Crippen LogP contribution in [0, 0.1) is 11.3 Å². The van der Waals surface area contributed by atoms with Crippen LogP contribution in [-0.4, -0.2) is 29.2 Å². The van der Waals surface area contributed by atoms with E-state index in [0.29, 0.717) is 40.5 Å². The van der Waals surface area contributed by atoms with E-state index in [9.17, 15) is 9.59 Å². The van der Waals surface area contributed by atoms with Crippen LogP contribution >= 0.6 is 23.1 Å². The quantitative estimate of drug-likeness (QED) is 0.310. The number of anilines is 1. The summed E-state index contributed by atoms with van der Waals surface area (Å²) in [5.74, 6) is 0.607. The van der Waals surface area contributed by atoms with Crippen molar-refractivity contribution < 1.29 is 18.7 Å². The molecule has 0 saturated heterocycles. The Morgan fingerprint density at radius 2 is 2.09 bits per heavy atom. The van der Waals surface area contributed by atoms with Crippen LogP contribution in [0.4, 0.5) is 5.00 Å². The van der Waals surface area contributed by atoms with Crippen molar-refractivity contribution >= 4 is 51.1 Å². The van der Waals surface area contributed by atoms with Gasteiger partial charge in [-0.2, -0.15) is 0 Å². The molecular weight excluding hydrogens is 456 g/mol. The number of benzene rings is 1. The van der Waals surface area contributed by atoms with Gasteiger partial charge in [-0.1, -0.05) is 44.7 Å². The number of hydrogen-bond donors (Lipinski definition) is 1. The minimum Gasteiger partial charge on any atom is -0.462 e. The molecule has 2 heterocycles. The molecule has 0 radical (unpaired) electrons. The summed E-state index contributed by atoms with van der Waals surface area (Å²) in [5, 5.41) is 4.16. The fourth-order valence-electron chi connectivity index (χ4n) is 4.17. The fourth-order valence-corrected chi connectivity index (χ4v) is 6.27. The van der Waals surface area contributed by atoms with Crippen LogP contribution in [0.2, 0.25) is 0 Å². The van der Waals surface area contributed by atoms with Crippen LogP contribution in [0.25, 0.3) is 11.1 Å². The molecule has 1 unspecified atom stereocenters. The molecule has 1 aliphatic rings. The number of nitrogens with one attached hydrogen (secondary N) is 1. The first-order valence-corrected chi connectivity index (χ1v) is 13.2. The number of nitrogens with zero attached hydrogens (tertiary/aromatic N) is 1. The summed E-state index contributed by atoms with van der Waals surface area (Å²) in [4.78, 5) is 31.1. The Kier molecular flexibility index (Phi) is 7.14. The second kappa shape index (κ2) is 9.89. The van der Waals surface area contributed by atoms with Crippen molar-refractivity contribution in [1.29, 1.82) is 0 Å². The van der Waals surface area contributed by atoms with Gasteiger partial charge in [-0.3, -0.25) is 4.79 Å². The van der Waals surface area contributed by atoms with Crippen molar-refractivity contribution in [1.82, 2.24) is 4.98 Å². The normalized spacial score (nSPS) is 15.9. The van der Waals surface area contributed by atoms with E-state index in [2.05, 4.69) is 31.1 Å². The first-order chi connectivity index (χ1) is 15.8. The topological polar surface area (TPSA) is 81.4 Å². The third kappa shape index (κ3) is 5.44. The zero-order valence-corrected chi connectivity index (χ0v) is 21.2. The van der Waals surface area contributed by atoms with E-state index in [1.54, 1.807) is 6.92 Å². The molecular formula is C25H30N2O4S2. The van der Waals surface area contributed by atoms with Crippen LogP contribution in [-0.2, 0) is 22.4 Å². The number of hydrogen-bond acceptors (Lipinski definition) is 7. The molecule has 4 rings (SSSR count). The maximum atomic E-state index is 12.8. The third-order valence-electron chi connectivity index (χ3n) is 6.05. The lowest BCUT2D eigenvalue weighted by molar-refractivity contribution is -0.115. The highest BCUT2D eigenvalue weighted by Gasteiger charge is 2.34. The Balaban J connectivity index is 1.44. The number of carbonyl (C=O) groups excluding carboxylic acids is 2. The van der Waals surface area contributed by atoms with Gasteiger partial charge in [-0.25, -0.2) is 9.78 Å². The first kappa shape index (κ1) is 23.8. The predicted molar refractivity (Wildman–Crippen MR) is 133 cm³/mol. The Labute approximate surface area is 202 Å². The largest absolute Gasteiger partial charge is 0.462 e. The third-order valence-corrected chi connectivity index (χ3v) is 8.05. The zero-order chi connectivity index (χ0) is 23.6. The summed E-state index contributed by atoms with van der Waals surface area (Å²) in [6.07, 6.45) is 3.09. The molecule has 1 aliphatic carbocycles. The number of esters is 1. The molecule has 6 nitrogen and oxygen atoms in total. The number of thiophene rings is 1. The fraction of sp³-hybridized carbons (Fsp3) is 0.480. The average Bonchev–Trinajstić information content (AvgIpc) is 3.33. The molecule has 1 aromatic carbocycles. The number of amides is 1. The van der Waals surface area contributed by atoms with Crippen molar-refractivity contribution in [2.24, 2.45) is 11.3 Å². The highest BCUT2D eigenvalue weighted by atomic mass is 32.2. The number of oxazole rings is 1. The second-order valence-electron chi connectivity index (χ2n) is 9.33. The summed E-state index contributed by atoms with van der Waals surface area (Å²) < 4.78 is 11.0. The van der Waals surface area contributed by atoms with E-state index in [-0.39, 0.29) is 17.3 Å². The first-order valence-electron chi connectivity index (χ1n) is 11.4. The lowest BCUT2D eigenvalue weighted by atomic mass is 9.72. The number of carbonyl (C=O) groups is 2.